The molecule has 0 bridgehead atoms. The van der Waals surface area contributed by atoms with Crippen LogP contribution in [0.4, 0.5) is 0 Å². The smallest absolute Gasteiger partial charge is 0.0244 e. The van der Waals surface area contributed by atoms with Gasteiger partial charge in [0, 0.05) is 25.2 Å². The quantitative estimate of drug-likeness (QED) is 0.857. The van der Waals surface area contributed by atoms with Crippen molar-refractivity contribution >= 4 is 0 Å². The number of piperidine rings is 1. The molecular formula is C17H35N3. The second-order valence-corrected chi connectivity index (χ2v) is 8.21. The molecule has 20 heavy (non-hydrogen) atoms. The summed E-state index contributed by atoms with van der Waals surface area (Å²) in [5, 5.41) is 3.73. The normalized spacial score (nSPS) is 31.6. The Morgan fingerprint density at radius 1 is 1.15 bits per heavy atom. The van der Waals surface area contributed by atoms with Crippen molar-refractivity contribution in [2.75, 3.05) is 39.8 Å². The van der Waals surface area contributed by atoms with Gasteiger partial charge in [0.05, 0.1) is 0 Å². The molecule has 0 aromatic heterocycles. The minimum atomic E-state index is 0.367. The minimum absolute atomic E-state index is 0.367. The molecule has 2 fully saturated rings. The molecule has 1 N–H and O–H groups in total. The van der Waals surface area contributed by atoms with E-state index in [-0.39, 0.29) is 0 Å². The Kier molecular flexibility index (Phi) is 5.49. The molecule has 0 aromatic carbocycles. The maximum absolute atomic E-state index is 3.73. The zero-order valence-corrected chi connectivity index (χ0v) is 14.3. The highest BCUT2D eigenvalue weighted by Crippen LogP contribution is 2.25. The van der Waals surface area contributed by atoms with Crippen LogP contribution in [-0.4, -0.2) is 61.7 Å². The van der Waals surface area contributed by atoms with Crippen LogP contribution in [-0.2, 0) is 0 Å². The Balaban J connectivity index is 1.78. The molecule has 0 radical (unpaired) electrons. The van der Waals surface area contributed by atoms with Crippen molar-refractivity contribution in [3.05, 3.63) is 0 Å². The Bertz CT molecular complexity index is 289. The van der Waals surface area contributed by atoms with E-state index >= 15 is 0 Å². The lowest BCUT2D eigenvalue weighted by molar-refractivity contribution is 0.0837. The molecule has 0 spiro atoms. The predicted molar refractivity (Wildman–Crippen MR) is 87.1 cm³/mol. The van der Waals surface area contributed by atoms with Crippen LogP contribution >= 0.6 is 0 Å². The zero-order valence-electron chi connectivity index (χ0n) is 14.3. The molecule has 0 aliphatic carbocycles. The first-order valence-electron chi connectivity index (χ1n) is 8.52. The largest absolute Gasteiger partial charge is 0.311 e. The molecule has 2 aliphatic heterocycles. The second kappa shape index (κ2) is 6.76. The molecule has 118 valence electrons. The summed E-state index contributed by atoms with van der Waals surface area (Å²) in [6.07, 6.45) is 4.20. The molecule has 3 heteroatoms. The summed E-state index contributed by atoms with van der Waals surface area (Å²) >= 11 is 0. The van der Waals surface area contributed by atoms with Crippen LogP contribution in [0.5, 0.6) is 0 Å². The summed E-state index contributed by atoms with van der Waals surface area (Å²) in [6.45, 7) is 15.7. The molecule has 2 atom stereocenters. The monoisotopic (exact) mass is 281 g/mol. The SMILES string of the molecule is CC1CNC(C(C)(C)C)CN1CCC1CCN(C)CC1. The summed E-state index contributed by atoms with van der Waals surface area (Å²) in [5.41, 5.74) is 0.367. The van der Waals surface area contributed by atoms with Crippen LogP contribution in [0.15, 0.2) is 0 Å². The molecule has 2 unspecified atom stereocenters. The first-order valence-corrected chi connectivity index (χ1v) is 8.52. The molecule has 3 nitrogen and oxygen atoms in total. The van der Waals surface area contributed by atoms with E-state index in [9.17, 15) is 0 Å². The van der Waals surface area contributed by atoms with E-state index in [0.29, 0.717) is 17.5 Å². The Hall–Kier alpha value is -0.120. The highest BCUT2D eigenvalue weighted by molar-refractivity contribution is 4.90. The van der Waals surface area contributed by atoms with Gasteiger partial charge in [-0.05, 0) is 64.2 Å². The van der Waals surface area contributed by atoms with Crippen molar-refractivity contribution < 1.29 is 0 Å². The average Bonchev–Trinajstić information content (AvgIpc) is 2.38. The van der Waals surface area contributed by atoms with Crippen molar-refractivity contribution in [2.24, 2.45) is 11.3 Å². The topological polar surface area (TPSA) is 18.5 Å². The molecule has 0 amide bonds. The van der Waals surface area contributed by atoms with Crippen molar-refractivity contribution in [2.45, 2.75) is 59.0 Å². The van der Waals surface area contributed by atoms with Crippen LogP contribution in [0.3, 0.4) is 0 Å². The highest BCUT2D eigenvalue weighted by Gasteiger charge is 2.32. The number of nitrogens with zero attached hydrogens (tertiary/aromatic N) is 2. The third-order valence-corrected chi connectivity index (χ3v) is 5.41. The number of piperazine rings is 1. The number of likely N-dealkylation sites (tertiary alicyclic amines) is 1. The van der Waals surface area contributed by atoms with Gasteiger partial charge < -0.3 is 10.2 Å². The van der Waals surface area contributed by atoms with Gasteiger partial charge in [-0.15, -0.1) is 0 Å². The first kappa shape index (κ1) is 16.3. The standard InChI is InChI=1S/C17H35N3/c1-14-12-18-16(17(2,3)4)13-20(14)11-8-15-6-9-19(5)10-7-15/h14-16,18H,6-13H2,1-5H3. The molecular weight excluding hydrogens is 246 g/mol. The van der Waals surface area contributed by atoms with Crippen molar-refractivity contribution in [1.82, 2.24) is 15.1 Å². The van der Waals surface area contributed by atoms with Gasteiger partial charge in [0.25, 0.3) is 0 Å². The molecule has 2 saturated heterocycles. The van der Waals surface area contributed by atoms with Crippen LogP contribution in [0, 0.1) is 11.3 Å². The van der Waals surface area contributed by atoms with Gasteiger partial charge in [-0.3, -0.25) is 4.90 Å². The van der Waals surface area contributed by atoms with E-state index in [0.717, 1.165) is 12.5 Å². The van der Waals surface area contributed by atoms with Crippen LogP contribution in [0.2, 0.25) is 0 Å². The Morgan fingerprint density at radius 2 is 1.80 bits per heavy atom. The predicted octanol–water partition coefficient (Wildman–Crippen LogP) is 2.43. The molecule has 0 saturated carbocycles. The van der Waals surface area contributed by atoms with Crippen LogP contribution < -0.4 is 5.32 Å². The lowest BCUT2D eigenvalue weighted by Crippen LogP contribution is -2.59. The summed E-state index contributed by atoms with van der Waals surface area (Å²) in [7, 11) is 2.25. The zero-order chi connectivity index (χ0) is 14.8. The number of rotatable bonds is 3. The summed E-state index contributed by atoms with van der Waals surface area (Å²) in [5.74, 6) is 0.960. The van der Waals surface area contributed by atoms with Gasteiger partial charge in [0.2, 0.25) is 0 Å². The Morgan fingerprint density at radius 3 is 2.40 bits per heavy atom. The molecule has 0 aromatic rings. The van der Waals surface area contributed by atoms with E-state index in [1.54, 1.807) is 0 Å². The molecule has 2 rings (SSSR count). The second-order valence-electron chi connectivity index (χ2n) is 8.21. The average molecular weight is 281 g/mol. The van der Waals surface area contributed by atoms with Crippen LogP contribution in [0.1, 0.15) is 47.0 Å². The van der Waals surface area contributed by atoms with Gasteiger partial charge in [-0.2, -0.15) is 0 Å². The van der Waals surface area contributed by atoms with E-state index < -0.39 is 0 Å². The number of hydrogen-bond donors (Lipinski definition) is 1. The highest BCUT2D eigenvalue weighted by atomic mass is 15.2. The maximum Gasteiger partial charge on any atom is 0.0244 e. The van der Waals surface area contributed by atoms with E-state index in [1.807, 2.05) is 0 Å². The fourth-order valence-corrected chi connectivity index (χ4v) is 3.51. The number of hydrogen-bond acceptors (Lipinski definition) is 3. The van der Waals surface area contributed by atoms with Crippen molar-refractivity contribution in [1.29, 1.82) is 0 Å². The van der Waals surface area contributed by atoms with E-state index in [2.05, 4.69) is 49.9 Å². The van der Waals surface area contributed by atoms with Gasteiger partial charge >= 0.3 is 0 Å². The molecule has 2 heterocycles. The first-order chi connectivity index (χ1) is 9.36. The fraction of sp³-hybridized carbons (Fsp3) is 1.00. The summed E-state index contributed by atoms with van der Waals surface area (Å²) < 4.78 is 0. The van der Waals surface area contributed by atoms with Crippen LogP contribution in [0.25, 0.3) is 0 Å². The van der Waals surface area contributed by atoms with Crippen molar-refractivity contribution in [3.63, 3.8) is 0 Å². The van der Waals surface area contributed by atoms with Crippen molar-refractivity contribution in [3.8, 4) is 0 Å². The fourth-order valence-electron chi connectivity index (χ4n) is 3.51. The third-order valence-electron chi connectivity index (χ3n) is 5.41. The minimum Gasteiger partial charge on any atom is -0.311 e. The van der Waals surface area contributed by atoms with E-state index in [1.165, 1.54) is 45.4 Å². The maximum atomic E-state index is 3.73. The number of nitrogens with one attached hydrogen (secondary N) is 1. The molecule has 2 aliphatic rings. The lowest BCUT2D eigenvalue weighted by atomic mass is 9.84. The Labute approximate surface area is 126 Å². The van der Waals surface area contributed by atoms with Gasteiger partial charge in [-0.25, -0.2) is 0 Å². The van der Waals surface area contributed by atoms with Gasteiger partial charge in [0.1, 0.15) is 0 Å². The summed E-state index contributed by atoms with van der Waals surface area (Å²) in [6, 6.07) is 1.33. The summed E-state index contributed by atoms with van der Waals surface area (Å²) in [4.78, 5) is 5.20. The lowest BCUT2D eigenvalue weighted by Gasteiger charge is -2.44. The van der Waals surface area contributed by atoms with Gasteiger partial charge in [-0.1, -0.05) is 20.8 Å². The van der Waals surface area contributed by atoms with Gasteiger partial charge in [0.15, 0.2) is 0 Å². The third kappa shape index (κ3) is 4.44. The van der Waals surface area contributed by atoms with E-state index in [4.69, 9.17) is 0 Å².